The van der Waals surface area contributed by atoms with Crippen molar-refractivity contribution < 1.29 is 14.3 Å². The second kappa shape index (κ2) is 8.97. The minimum absolute atomic E-state index is 0.0264. The summed E-state index contributed by atoms with van der Waals surface area (Å²) in [5, 5.41) is 3.11. The number of carbonyl (C=O) groups is 1. The molecule has 0 aromatic carbocycles. The third kappa shape index (κ3) is 6.03. The Labute approximate surface area is 140 Å². The van der Waals surface area contributed by atoms with Crippen LogP contribution in [0.15, 0.2) is 0 Å². The number of hydrogen-bond donors (Lipinski definition) is 1. The maximum atomic E-state index is 12.2. The molecule has 0 saturated carbocycles. The lowest BCUT2D eigenvalue weighted by Gasteiger charge is -2.41. The number of carbonyl (C=O) groups excluding carboxylic acids is 1. The zero-order valence-electron chi connectivity index (χ0n) is 15.0. The first-order valence-electron chi connectivity index (χ1n) is 8.94. The third-order valence-corrected chi connectivity index (χ3v) is 4.89. The Morgan fingerprint density at radius 3 is 2.48 bits per heavy atom. The van der Waals surface area contributed by atoms with Gasteiger partial charge in [0, 0.05) is 44.9 Å². The highest BCUT2D eigenvalue weighted by Gasteiger charge is 2.29. The molecule has 0 spiro atoms. The number of ether oxygens (including phenoxy) is 2. The van der Waals surface area contributed by atoms with Crippen molar-refractivity contribution in [3.8, 4) is 0 Å². The lowest BCUT2D eigenvalue weighted by atomic mass is 10.0. The van der Waals surface area contributed by atoms with Crippen LogP contribution in [0.4, 0.5) is 0 Å². The van der Waals surface area contributed by atoms with E-state index in [0.29, 0.717) is 19.2 Å². The van der Waals surface area contributed by atoms with Crippen molar-refractivity contribution in [1.82, 2.24) is 15.1 Å². The number of hydrogen-bond acceptors (Lipinski definition) is 5. The van der Waals surface area contributed by atoms with Crippen LogP contribution < -0.4 is 5.32 Å². The highest BCUT2D eigenvalue weighted by molar-refractivity contribution is 5.78. The molecule has 134 valence electrons. The molecule has 2 aliphatic heterocycles. The summed E-state index contributed by atoms with van der Waals surface area (Å²) < 4.78 is 11.1. The maximum Gasteiger partial charge on any atom is 0.234 e. The Morgan fingerprint density at radius 2 is 1.87 bits per heavy atom. The molecular formula is C17H33N3O3. The minimum Gasteiger partial charge on any atom is -0.379 e. The molecule has 1 amide bonds. The van der Waals surface area contributed by atoms with Gasteiger partial charge in [-0.2, -0.15) is 0 Å². The average Bonchev–Trinajstić information content (AvgIpc) is 2.56. The molecule has 1 N–H and O–H groups in total. The summed E-state index contributed by atoms with van der Waals surface area (Å²) in [6.45, 7) is 13.7. The van der Waals surface area contributed by atoms with E-state index in [-0.39, 0.29) is 11.4 Å². The molecule has 2 aliphatic rings. The number of likely N-dealkylation sites (tertiary alicyclic amines) is 1. The van der Waals surface area contributed by atoms with Gasteiger partial charge in [-0.15, -0.1) is 0 Å². The Balaban J connectivity index is 1.66. The molecule has 0 aromatic rings. The van der Waals surface area contributed by atoms with Gasteiger partial charge < -0.3 is 14.8 Å². The Morgan fingerprint density at radius 1 is 1.22 bits per heavy atom. The summed E-state index contributed by atoms with van der Waals surface area (Å²) in [6.07, 6.45) is 2.43. The maximum absolute atomic E-state index is 12.2. The van der Waals surface area contributed by atoms with Gasteiger partial charge >= 0.3 is 0 Å². The Bertz CT molecular complexity index is 362. The molecule has 2 saturated heterocycles. The zero-order valence-corrected chi connectivity index (χ0v) is 15.0. The van der Waals surface area contributed by atoms with Crippen LogP contribution in [-0.2, 0) is 14.3 Å². The van der Waals surface area contributed by atoms with Crippen molar-refractivity contribution >= 4 is 5.91 Å². The third-order valence-electron chi connectivity index (χ3n) is 4.89. The van der Waals surface area contributed by atoms with Crippen molar-refractivity contribution in [1.29, 1.82) is 0 Å². The number of nitrogens with zero attached hydrogens (tertiary/aromatic N) is 2. The Hall–Kier alpha value is -0.690. The van der Waals surface area contributed by atoms with E-state index < -0.39 is 0 Å². The number of rotatable bonds is 7. The lowest BCUT2D eigenvalue weighted by molar-refractivity contribution is -0.123. The van der Waals surface area contributed by atoms with Crippen molar-refractivity contribution in [3.05, 3.63) is 0 Å². The lowest BCUT2D eigenvalue weighted by Crippen LogP contribution is -2.56. The fourth-order valence-corrected chi connectivity index (χ4v) is 3.32. The normalized spacial score (nSPS) is 22.2. The van der Waals surface area contributed by atoms with Crippen LogP contribution in [0, 0.1) is 0 Å². The molecule has 2 heterocycles. The number of amides is 1. The van der Waals surface area contributed by atoms with Crippen LogP contribution in [0.25, 0.3) is 0 Å². The van der Waals surface area contributed by atoms with Gasteiger partial charge in [-0.05, 0) is 33.6 Å². The topological polar surface area (TPSA) is 54.0 Å². The summed E-state index contributed by atoms with van der Waals surface area (Å²) >= 11 is 0. The van der Waals surface area contributed by atoms with Gasteiger partial charge in [0.05, 0.1) is 25.9 Å². The van der Waals surface area contributed by atoms with Gasteiger partial charge in [0.15, 0.2) is 0 Å². The molecule has 0 aliphatic carbocycles. The van der Waals surface area contributed by atoms with Crippen LogP contribution in [0.5, 0.6) is 0 Å². The van der Waals surface area contributed by atoms with Crippen LogP contribution in [0.2, 0.25) is 0 Å². The Kier molecular flexibility index (Phi) is 7.27. The van der Waals surface area contributed by atoms with E-state index in [4.69, 9.17) is 9.47 Å². The van der Waals surface area contributed by atoms with Crippen molar-refractivity contribution in [2.45, 2.75) is 45.3 Å². The van der Waals surface area contributed by atoms with E-state index in [9.17, 15) is 4.79 Å². The molecule has 0 radical (unpaired) electrons. The first-order valence-corrected chi connectivity index (χ1v) is 8.94. The second-order valence-corrected chi connectivity index (χ2v) is 7.12. The molecule has 2 fully saturated rings. The van der Waals surface area contributed by atoms with Gasteiger partial charge in [0.1, 0.15) is 0 Å². The highest BCUT2D eigenvalue weighted by atomic mass is 16.5. The number of morpholine rings is 1. The molecule has 0 unspecified atom stereocenters. The van der Waals surface area contributed by atoms with Crippen LogP contribution >= 0.6 is 0 Å². The summed E-state index contributed by atoms with van der Waals surface area (Å²) in [7, 11) is 0. The molecule has 6 nitrogen and oxygen atoms in total. The fraction of sp³-hybridized carbons (Fsp3) is 0.941. The van der Waals surface area contributed by atoms with Crippen LogP contribution in [0.3, 0.4) is 0 Å². The fourth-order valence-electron chi connectivity index (χ4n) is 3.32. The molecule has 6 heteroatoms. The van der Waals surface area contributed by atoms with E-state index >= 15 is 0 Å². The largest absolute Gasteiger partial charge is 0.379 e. The van der Waals surface area contributed by atoms with E-state index in [1.54, 1.807) is 0 Å². The first kappa shape index (κ1) is 18.6. The average molecular weight is 327 g/mol. The summed E-state index contributed by atoms with van der Waals surface area (Å²) in [5.41, 5.74) is -0.0264. The summed E-state index contributed by atoms with van der Waals surface area (Å²) in [6, 6.07) is 0. The molecule has 23 heavy (non-hydrogen) atoms. The molecule has 0 aromatic heterocycles. The smallest absolute Gasteiger partial charge is 0.234 e. The monoisotopic (exact) mass is 327 g/mol. The molecule has 2 rings (SSSR count). The van der Waals surface area contributed by atoms with Crippen LogP contribution in [0.1, 0.15) is 33.6 Å². The molecular weight excluding hydrogens is 294 g/mol. The number of nitrogens with one attached hydrogen (secondary N) is 1. The zero-order chi connectivity index (χ0) is 16.7. The van der Waals surface area contributed by atoms with Gasteiger partial charge in [0.2, 0.25) is 5.91 Å². The minimum atomic E-state index is -0.0264. The van der Waals surface area contributed by atoms with Gasteiger partial charge in [-0.1, -0.05) is 0 Å². The van der Waals surface area contributed by atoms with E-state index in [0.717, 1.165) is 58.8 Å². The quantitative estimate of drug-likeness (QED) is 0.746. The summed E-state index contributed by atoms with van der Waals surface area (Å²) in [4.78, 5) is 16.8. The first-order chi connectivity index (χ1) is 11.0. The van der Waals surface area contributed by atoms with Gasteiger partial charge in [-0.25, -0.2) is 0 Å². The molecule has 0 bridgehead atoms. The van der Waals surface area contributed by atoms with E-state index in [1.165, 1.54) is 0 Å². The van der Waals surface area contributed by atoms with E-state index in [1.807, 2.05) is 6.92 Å². The number of piperidine rings is 1. The van der Waals surface area contributed by atoms with Crippen LogP contribution in [-0.4, -0.2) is 86.4 Å². The predicted molar refractivity (Wildman–Crippen MR) is 90.6 cm³/mol. The molecule has 0 atom stereocenters. The van der Waals surface area contributed by atoms with Crippen molar-refractivity contribution in [2.75, 3.05) is 59.1 Å². The van der Waals surface area contributed by atoms with E-state index in [2.05, 4.69) is 29.0 Å². The predicted octanol–water partition coefficient (Wildman–Crippen LogP) is 0.714. The van der Waals surface area contributed by atoms with Crippen molar-refractivity contribution in [2.24, 2.45) is 0 Å². The SMILES string of the molecule is CCOC1CCN(CC(=O)NCC(C)(C)N2CCOCC2)CC1. The highest BCUT2D eigenvalue weighted by Crippen LogP contribution is 2.15. The second-order valence-electron chi connectivity index (χ2n) is 7.12. The van der Waals surface area contributed by atoms with Gasteiger partial charge in [0.25, 0.3) is 0 Å². The standard InChI is InChI=1S/C17H33N3O3/c1-4-23-15-5-7-19(8-6-15)13-16(21)18-14-17(2,3)20-9-11-22-12-10-20/h15H,4-14H2,1-3H3,(H,18,21). The van der Waals surface area contributed by atoms with Gasteiger partial charge in [-0.3, -0.25) is 14.6 Å². The van der Waals surface area contributed by atoms with Crippen molar-refractivity contribution in [3.63, 3.8) is 0 Å². The summed E-state index contributed by atoms with van der Waals surface area (Å²) in [5.74, 6) is 0.126.